The van der Waals surface area contributed by atoms with Gasteiger partial charge in [-0.3, -0.25) is 0 Å². The molecule has 2 nitrogen and oxygen atoms in total. The molecule has 0 fully saturated rings. The molecular weight excluding hydrogens is 258 g/mol. The predicted molar refractivity (Wildman–Crippen MR) is 88.9 cm³/mol. The zero-order valence-electron chi connectivity index (χ0n) is 12.6. The summed E-state index contributed by atoms with van der Waals surface area (Å²) in [5, 5.41) is 1.34. The number of benzene rings is 2. The van der Waals surface area contributed by atoms with Crippen LogP contribution in [0.25, 0.3) is 22.2 Å². The van der Waals surface area contributed by atoms with E-state index in [9.17, 15) is 0 Å². The summed E-state index contributed by atoms with van der Waals surface area (Å²) in [7, 11) is 1.70. The molecule has 108 valence electrons. The van der Waals surface area contributed by atoms with E-state index in [4.69, 9.17) is 4.74 Å². The number of aromatic amines is 1. The number of nitrogens with one attached hydrogen (secondary N) is 1. The lowest BCUT2D eigenvalue weighted by Gasteiger charge is -2.06. The van der Waals surface area contributed by atoms with Gasteiger partial charge in [-0.15, -0.1) is 0 Å². The second kappa shape index (κ2) is 6.04. The van der Waals surface area contributed by atoms with E-state index >= 15 is 0 Å². The lowest BCUT2D eigenvalue weighted by molar-refractivity contribution is 0.415. The van der Waals surface area contributed by atoms with Gasteiger partial charge in [-0.25, -0.2) is 0 Å². The SMILES string of the molecule is CCCCc1c(-c2ccc(OC)cc2)[nH]c2ccccc12. The maximum Gasteiger partial charge on any atom is 0.118 e. The Morgan fingerprint density at radius 1 is 1.00 bits per heavy atom. The lowest BCUT2D eigenvalue weighted by Crippen LogP contribution is -1.89. The number of unbranched alkanes of at least 4 members (excludes halogenated alkanes) is 1. The molecule has 2 aromatic carbocycles. The number of aromatic nitrogens is 1. The van der Waals surface area contributed by atoms with Gasteiger partial charge < -0.3 is 9.72 Å². The van der Waals surface area contributed by atoms with E-state index in [1.165, 1.54) is 40.6 Å². The van der Waals surface area contributed by atoms with Crippen molar-refractivity contribution in [1.29, 1.82) is 0 Å². The quantitative estimate of drug-likeness (QED) is 0.683. The van der Waals surface area contributed by atoms with Gasteiger partial charge in [0.25, 0.3) is 0 Å². The number of para-hydroxylation sites is 1. The molecule has 0 unspecified atom stereocenters. The first-order chi connectivity index (χ1) is 10.3. The Bertz CT molecular complexity index is 725. The maximum absolute atomic E-state index is 5.25. The van der Waals surface area contributed by atoms with Crippen LogP contribution in [-0.4, -0.2) is 12.1 Å². The number of aryl methyl sites for hydroxylation is 1. The molecule has 21 heavy (non-hydrogen) atoms. The fourth-order valence-electron chi connectivity index (χ4n) is 2.82. The van der Waals surface area contributed by atoms with E-state index in [0.29, 0.717) is 0 Å². The number of hydrogen-bond donors (Lipinski definition) is 1. The smallest absolute Gasteiger partial charge is 0.118 e. The Morgan fingerprint density at radius 3 is 2.48 bits per heavy atom. The first kappa shape index (κ1) is 13.7. The molecule has 0 bridgehead atoms. The van der Waals surface area contributed by atoms with Crippen LogP contribution in [0.15, 0.2) is 48.5 Å². The molecule has 3 rings (SSSR count). The molecule has 0 spiro atoms. The molecule has 0 radical (unpaired) electrons. The molecule has 3 aromatic rings. The lowest BCUT2D eigenvalue weighted by atomic mass is 10.0. The molecule has 0 saturated carbocycles. The number of fused-ring (bicyclic) bond motifs is 1. The van der Waals surface area contributed by atoms with Gasteiger partial charge in [-0.1, -0.05) is 31.5 Å². The number of ether oxygens (including phenoxy) is 1. The van der Waals surface area contributed by atoms with Gasteiger partial charge in [0.1, 0.15) is 5.75 Å². The molecule has 0 aliphatic heterocycles. The monoisotopic (exact) mass is 279 g/mol. The molecule has 0 amide bonds. The van der Waals surface area contributed by atoms with Crippen LogP contribution in [0.5, 0.6) is 5.75 Å². The standard InChI is InChI=1S/C19H21NO/c1-3-4-7-17-16-8-5-6-9-18(16)20-19(17)14-10-12-15(21-2)13-11-14/h5-6,8-13,20H,3-4,7H2,1-2H3. The van der Waals surface area contributed by atoms with Crippen molar-refractivity contribution < 1.29 is 4.74 Å². The van der Waals surface area contributed by atoms with Gasteiger partial charge in [0.2, 0.25) is 0 Å². The minimum absolute atomic E-state index is 0.893. The van der Waals surface area contributed by atoms with Crippen molar-refractivity contribution in [2.24, 2.45) is 0 Å². The molecule has 1 N–H and O–H groups in total. The minimum Gasteiger partial charge on any atom is -0.497 e. The summed E-state index contributed by atoms with van der Waals surface area (Å²) in [4.78, 5) is 3.59. The molecule has 0 saturated heterocycles. The van der Waals surface area contributed by atoms with Crippen LogP contribution in [-0.2, 0) is 6.42 Å². The minimum atomic E-state index is 0.893. The van der Waals surface area contributed by atoms with Gasteiger partial charge >= 0.3 is 0 Å². The summed E-state index contributed by atoms with van der Waals surface area (Å²) < 4.78 is 5.25. The maximum atomic E-state index is 5.25. The summed E-state index contributed by atoms with van der Waals surface area (Å²) in [6, 6.07) is 16.8. The van der Waals surface area contributed by atoms with Crippen LogP contribution in [0.4, 0.5) is 0 Å². The van der Waals surface area contributed by atoms with Crippen LogP contribution in [0, 0.1) is 0 Å². The van der Waals surface area contributed by atoms with Crippen molar-refractivity contribution in [3.8, 4) is 17.0 Å². The number of methoxy groups -OCH3 is 1. The molecule has 0 aliphatic rings. The van der Waals surface area contributed by atoms with Gasteiger partial charge in [-0.2, -0.15) is 0 Å². The van der Waals surface area contributed by atoms with E-state index in [2.05, 4.69) is 48.3 Å². The average molecular weight is 279 g/mol. The highest BCUT2D eigenvalue weighted by atomic mass is 16.5. The van der Waals surface area contributed by atoms with E-state index in [1.54, 1.807) is 7.11 Å². The van der Waals surface area contributed by atoms with Gasteiger partial charge in [0.15, 0.2) is 0 Å². The molecular formula is C19H21NO. The highest BCUT2D eigenvalue weighted by Crippen LogP contribution is 2.32. The highest BCUT2D eigenvalue weighted by Gasteiger charge is 2.12. The largest absolute Gasteiger partial charge is 0.497 e. The third kappa shape index (κ3) is 2.66. The Kier molecular flexibility index (Phi) is 3.96. The third-order valence-corrected chi connectivity index (χ3v) is 3.97. The summed E-state index contributed by atoms with van der Waals surface area (Å²) in [6.45, 7) is 2.24. The zero-order valence-corrected chi connectivity index (χ0v) is 12.6. The molecule has 2 heteroatoms. The van der Waals surface area contributed by atoms with Gasteiger partial charge in [-0.05, 0) is 54.3 Å². The van der Waals surface area contributed by atoms with Crippen molar-refractivity contribution in [1.82, 2.24) is 4.98 Å². The highest BCUT2D eigenvalue weighted by molar-refractivity contribution is 5.90. The second-order valence-corrected chi connectivity index (χ2v) is 5.36. The average Bonchev–Trinajstić information content (AvgIpc) is 2.91. The van der Waals surface area contributed by atoms with Crippen molar-refractivity contribution in [3.05, 3.63) is 54.1 Å². The zero-order chi connectivity index (χ0) is 14.7. The first-order valence-electron chi connectivity index (χ1n) is 7.57. The molecule has 0 aliphatic carbocycles. The van der Waals surface area contributed by atoms with E-state index in [0.717, 1.165) is 12.2 Å². The van der Waals surface area contributed by atoms with Crippen LogP contribution in [0.3, 0.4) is 0 Å². The molecule has 0 atom stereocenters. The Labute approximate surface area is 125 Å². The summed E-state index contributed by atoms with van der Waals surface area (Å²) in [5.74, 6) is 0.893. The van der Waals surface area contributed by atoms with Crippen molar-refractivity contribution in [2.75, 3.05) is 7.11 Å². The van der Waals surface area contributed by atoms with Crippen LogP contribution < -0.4 is 4.74 Å². The fourth-order valence-corrected chi connectivity index (χ4v) is 2.82. The second-order valence-electron chi connectivity index (χ2n) is 5.36. The predicted octanol–water partition coefficient (Wildman–Crippen LogP) is 5.19. The van der Waals surface area contributed by atoms with Gasteiger partial charge in [0, 0.05) is 16.6 Å². The Balaban J connectivity index is 2.10. The Morgan fingerprint density at radius 2 is 1.76 bits per heavy atom. The number of hydrogen-bond acceptors (Lipinski definition) is 1. The fraction of sp³-hybridized carbons (Fsp3) is 0.263. The van der Waals surface area contributed by atoms with Crippen molar-refractivity contribution in [2.45, 2.75) is 26.2 Å². The normalized spacial score (nSPS) is 11.0. The van der Waals surface area contributed by atoms with E-state index in [-0.39, 0.29) is 0 Å². The summed E-state index contributed by atoms with van der Waals surface area (Å²) in [6.07, 6.45) is 3.54. The first-order valence-corrected chi connectivity index (χ1v) is 7.57. The van der Waals surface area contributed by atoms with Crippen molar-refractivity contribution >= 4 is 10.9 Å². The van der Waals surface area contributed by atoms with Crippen LogP contribution in [0.1, 0.15) is 25.3 Å². The molecule has 1 aromatic heterocycles. The van der Waals surface area contributed by atoms with E-state index < -0.39 is 0 Å². The Hall–Kier alpha value is -2.22. The molecule has 1 heterocycles. The third-order valence-electron chi connectivity index (χ3n) is 3.97. The topological polar surface area (TPSA) is 25.0 Å². The van der Waals surface area contributed by atoms with Crippen LogP contribution >= 0.6 is 0 Å². The number of rotatable bonds is 5. The van der Waals surface area contributed by atoms with E-state index in [1.807, 2.05) is 12.1 Å². The van der Waals surface area contributed by atoms with Crippen molar-refractivity contribution in [3.63, 3.8) is 0 Å². The van der Waals surface area contributed by atoms with Gasteiger partial charge in [0.05, 0.1) is 7.11 Å². The summed E-state index contributed by atoms with van der Waals surface area (Å²) in [5.41, 5.74) is 5.11. The number of H-pyrrole nitrogens is 1. The summed E-state index contributed by atoms with van der Waals surface area (Å²) >= 11 is 0. The van der Waals surface area contributed by atoms with Crippen LogP contribution in [0.2, 0.25) is 0 Å².